The van der Waals surface area contributed by atoms with Crippen LogP contribution in [-0.4, -0.2) is 15.4 Å². The van der Waals surface area contributed by atoms with Gasteiger partial charge in [-0.2, -0.15) is 5.26 Å². The molecule has 0 radical (unpaired) electrons. The lowest BCUT2D eigenvalue weighted by Gasteiger charge is -1.94. The van der Waals surface area contributed by atoms with Gasteiger partial charge in [0.05, 0.1) is 11.3 Å². The summed E-state index contributed by atoms with van der Waals surface area (Å²) < 4.78 is 5.43. The molecule has 2 aromatic rings. The molecule has 1 unspecified atom stereocenters. The minimum atomic E-state index is -0.191. The predicted molar refractivity (Wildman–Crippen MR) is 60.7 cm³/mol. The van der Waals surface area contributed by atoms with E-state index in [1.165, 1.54) is 11.8 Å². The quantitative estimate of drug-likeness (QED) is 0.760. The van der Waals surface area contributed by atoms with Crippen LogP contribution in [0.2, 0.25) is 0 Å². The maximum Gasteiger partial charge on any atom is 0.278 e. The minimum absolute atomic E-state index is 0.191. The van der Waals surface area contributed by atoms with Gasteiger partial charge in [0.25, 0.3) is 5.22 Å². The van der Waals surface area contributed by atoms with Gasteiger partial charge < -0.3 is 4.42 Å². The first kappa shape index (κ1) is 10.7. The summed E-state index contributed by atoms with van der Waals surface area (Å²) in [6.45, 7) is 1.79. The van der Waals surface area contributed by atoms with Gasteiger partial charge >= 0.3 is 0 Å². The standard InChI is InChI=1S/C11H9N3OS/c1-8(7-12)16-11-14-13-10(15-11)9-5-3-2-4-6-9/h2-6,8H,1H3. The lowest BCUT2D eigenvalue weighted by Crippen LogP contribution is -1.88. The molecule has 0 spiro atoms. The van der Waals surface area contributed by atoms with E-state index >= 15 is 0 Å². The fourth-order valence-corrected chi connectivity index (χ4v) is 1.70. The summed E-state index contributed by atoms with van der Waals surface area (Å²) in [5.74, 6) is 0.480. The lowest BCUT2D eigenvalue weighted by molar-refractivity contribution is 0.465. The molecule has 0 aliphatic carbocycles. The second kappa shape index (κ2) is 4.81. The zero-order valence-electron chi connectivity index (χ0n) is 8.62. The van der Waals surface area contributed by atoms with Gasteiger partial charge in [-0.3, -0.25) is 0 Å². The summed E-state index contributed by atoms with van der Waals surface area (Å²) in [6.07, 6.45) is 0. The van der Waals surface area contributed by atoms with Gasteiger partial charge in [-0.15, -0.1) is 10.2 Å². The van der Waals surface area contributed by atoms with Gasteiger partial charge in [-0.05, 0) is 30.8 Å². The van der Waals surface area contributed by atoms with Crippen molar-refractivity contribution in [3.63, 3.8) is 0 Å². The maximum absolute atomic E-state index is 8.66. The minimum Gasteiger partial charge on any atom is -0.411 e. The van der Waals surface area contributed by atoms with Crippen LogP contribution in [0.25, 0.3) is 11.5 Å². The van der Waals surface area contributed by atoms with E-state index in [1.807, 2.05) is 30.3 Å². The normalized spacial score (nSPS) is 12.0. The van der Waals surface area contributed by atoms with Gasteiger partial charge in [0.2, 0.25) is 5.89 Å². The number of nitriles is 1. The topological polar surface area (TPSA) is 62.7 Å². The maximum atomic E-state index is 8.66. The van der Waals surface area contributed by atoms with Crippen molar-refractivity contribution in [2.45, 2.75) is 17.4 Å². The van der Waals surface area contributed by atoms with Crippen LogP contribution in [0.4, 0.5) is 0 Å². The average molecular weight is 231 g/mol. The molecular weight excluding hydrogens is 222 g/mol. The fraction of sp³-hybridized carbons (Fsp3) is 0.182. The van der Waals surface area contributed by atoms with Gasteiger partial charge in [0.15, 0.2) is 0 Å². The molecule has 0 aliphatic heterocycles. The Kier molecular flexibility index (Phi) is 3.22. The van der Waals surface area contributed by atoms with Crippen molar-refractivity contribution in [2.24, 2.45) is 0 Å². The van der Waals surface area contributed by atoms with Gasteiger partial charge in [0.1, 0.15) is 0 Å². The van der Waals surface area contributed by atoms with Crippen LogP contribution < -0.4 is 0 Å². The van der Waals surface area contributed by atoms with E-state index < -0.39 is 0 Å². The van der Waals surface area contributed by atoms with E-state index in [1.54, 1.807) is 6.92 Å². The van der Waals surface area contributed by atoms with Gasteiger partial charge in [-0.25, -0.2) is 0 Å². The van der Waals surface area contributed by atoms with Gasteiger partial charge in [-0.1, -0.05) is 18.2 Å². The first-order valence-corrected chi connectivity index (χ1v) is 5.63. The van der Waals surface area contributed by atoms with E-state index in [9.17, 15) is 0 Å². The number of thioether (sulfide) groups is 1. The van der Waals surface area contributed by atoms with Crippen molar-refractivity contribution < 1.29 is 4.42 Å². The Balaban J connectivity index is 2.18. The van der Waals surface area contributed by atoms with Crippen molar-refractivity contribution in [3.05, 3.63) is 30.3 Å². The number of nitrogens with zero attached hydrogens (tertiary/aromatic N) is 3. The Morgan fingerprint density at radius 3 is 2.75 bits per heavy atom. The monoisotopic (exact) mass is 231 g/mol. The molecule has 0 saturated carbocycles. The molecule has 1 atom stereocenters. The Hall–Kier alpha value is -1.80. The molecule has 0 N–H and O–H groups in total. The third-order valence-electron chi connectivity index (χ3n) is 1.89. The van der Waals surface area contributed by atoms with Crippen LogP contribution >= 0.6 is 11.8 Å². The Bertz CT molecular complexity index is 503. The second-order valence-corrected chi connectivity index (χ2v) is 4.42. The molecule has 0 bridgehead atoms. The van der Waals surface area contributed by atoms with Crippen LogP contribution in [-0.2, 0) is 0 Å². The summed E-state index contributed by atoms with van der Waals surface area (Å²) >= 11 is 1.26. The molecule has 5 heteroatoms. The highest BCUT2D eigenvalue weighted by atomic mass is 32.2. The molecule has 0 saturated heterocycles. The highest BCUT2D eigenvalue weighted by molar-refractivity contribution is 7.99. The van der Waals surface area contributed by atoms with E-state index in [0.717, 1.165) is 5.56 Å². The smallest absolute Gasteiger partial charge is 0.278 e. The van der Waals surface area contributed by atoms with Crippen molar-refractivity contribution in [1.29, 1.82) is 5.26 Å². The van der Waals surface area contributed by atoms with E-state index in [0.29, 0.717) is 11.1 Å². The lowest BCUT2D eigenvalue weighted by atomic mass is 10.2. The molecule has 0 amide bonds. The van der Waals surface area contributed by atoms with E-state index in [-0.39, 0.29) is 5.25 Å². The van der Waals surface area contributed by atoms with Crippen molar-refractivity contribution in [1.82, 2.24) is 10.2 Å². The summed E-state index contributed by atoms with van der Waals surface area (Å²) in [5.41, 5.74) is 0.881. The van der Waals surface area contributed by atoms with Crippen molar-refractivity contribution >= 4 is 11.8 Å². The number of aromatic nitrogens is 2. The molecule has 0 aliphatic rings. The summed E-state index contributed by atoms with van der Waals surface area (Å²) in [7, 11) is 0. The average Bonchev–Trinajstić information content (AvgIpc) is 2.78. The van der Waals surface area contributed by atoms with Crippen LogP contribution in [0.1, 0.15) is 6.92 Å². The van der Waals surface area contributed by atoms with E-state index in [2.05, 4.69) is 16.3 Å². The molecule has 4 nitrogen and oxygen atoms in total. The molecule has 1 aromatic heterocycles. The highest BCUT2D eigenvalue weighted by Crippen LogP contribution is 2.25. The molecule has 1 heterocycles. The van der Waals surface area contributed by atoms with Crippen LogP contribution in [0.3, 0.4) is 0 Å². The molecule has 80 valence electrons. The molecular formula is C11H9N3OS. The first-order chi connectivity index (χ1) is 7.79. The predicted octanol–water partition coefficient (Wildman–Crippen LogP) is 2.74. The Morgan fingerprint density at radius 1 is 1.31 bits per heavy atom. The SMILES string of the molecule is CC(C#N)Sc1nnc(-c2ccccc2)o1. The molecule has 16 heavy (non-hydrogen) atoms. The first-order valence-electron chi connectivity index (χ1n) is 4.75. The molecule has 1 aromatic carbocycles. The molecule has 0 fully saturated rings. The van der Waals surface area contributed by atoms with Crippen molar-refractivity contribution in [3.8, 4) is 17.5 Å². The van der Waals surface area contributed by atoms with E-state index in [4.69, 9.17) is 9.68 Å². The number of rotatable bonds is 3. The van der Waals surface area contributed by atoms with Crippen molar-refractivity contribution in [2.75, 3.05) is 0 Å². The summed E-state index contributed by atoms with van der Waals surface area (Å²) in [6, 6.07) is 11.6. The highest BCUT2D eigenvalue weighted by Gasteiger charge is 2.11. The summed E-state index contributed by atoms with van der Waals surface area (Å²) in [4.78, 5) is 0. The number of hydrogen-bond acceptors (Lipinski definition) is 5. The Morgan fingerprint density at radius 2 is 2.06 bits per heavy atom. The zero-order chi connectivity index (χ0) is 11.4. The number of benzene rings is 1. The van der Waals surface area contributed by atoms with Crippen LogP contribution in [0.15, 0.2) is 40.0 Å². The Labute approximate surface area is 97.3 Å². The fourth-order valence-electron chi connectivity index (χ4n) is 1.13. The summed E-state index contributed by atoms with van der Waals surface area (Å²) in [5, 5.41) is 16.7. The van der Waals surface area contributed by atoms with Crippen LogP contribution in [0, 0.1) is 11.3 Å². The molecule has 2 rings (SSSR count). The zero-order valence-corrected chi connectivity index (χ0v) is 9.44. The third-order valence-corrected chi connectivity index (χ3v) is 2.71. The number of hydrogen-bond donors (Lipinski definition) is 0. The van der Waals surface area contributed by atoms with Gasteiger partial charge in [0, 0.05) is 5.56 Å². The second-order valence-electron chi connectivity index (χ2n) is 3.13. The van der Waals surface area contributed by atoms with Crippen LogP contribution in [0.5, 0.6) is 0 Å². The largest absolute Gasteiger partial charge is 0.411 e. The third kappa shape index (κ3) is 2.41.